The van der Waals surface area contributed by atoms with Gasteiger partial charge in [-0.1, -0.05) is 11.6 Å². The van der Waals surface area contributed by atoms with E-state index in [-0.39, 0.29) is 5.56 Å². The highest BCUT2D eigenvalue weighted by Gasteiger charge is 2.09. The van der Waals surface area contributed by atoms with Crippen LogP contribution in [0.4, 0.5) is 5.69 Å². The third-order valence-electron chi connectivity index (χ3n) is 2.37. The van der Waals surface area contributed by atoms with Crippen molar-refractivity contribution in [2.75, 3.05) is 11.9 Å². The molecular weight excluding hydrogens is 272 g/mol. The second-order valence-corrected chi connectivity index (χ2v) is 5.41. The average molecular weight is 283 g/mol. The number of nitrogens with one attached hydrogen (secondary N) is 1. The molecule has 0 aliphatic rings. The van der Waals surface area contributed by atoms with Gasteiger partial charge in [-0.05, 0) is 24.6 Å². The fourth-order valence-corrected chi connectivity index (χ4v) is 2.61. The lowest BCUT2D eigenvalue weighted by Crippen LogP contribution is -2.09. The van der Waals surface area contributed by atoms with Crippen LogP contribution in [0.3, 0.4) is 0 Å². The zero-order chi connectivity index (χ0) is 13.0. The molecule has 0 atom stereocenters. The van der Waals surface area contributed by atoms with Crippen molar-refractivity contribution in [3.05, 3.63) is 45.4 Å². The van der Waals surface area contributed by atoms with Gasteiger partial charge < -0.3 is 10.4 Å². The standard InChI is InChI=1S/C12H11ClN2O2S/c13-11-2-1-8(18-11)3-6-15-10-4-5-14-7-9(10)12(16)17/h1-2,4-5,7H,3,6H2,(H,14,15)(H,16,17). The number of pyridine rings is 1. The number of aromatic nitrogens is 1. The van der Waals surface area contributed by atoms with Gasteiger partial charge in [0.25, 0.3) is 0 Å². The summed E-state index contributed by atoms with van der Waals surface area (Å²) in [5.74, 6) is -0.982. The maximum Gasteiger partial charge on any atom is 0.339 e. The Balaban J connectivity index is 1.96. The molecule has 0 unspecified atom stereocenters. The topological polar surface area (TPSA) is 62.2 Å². The van der Waals surface area contributed by atoms with E-state index in [1.54, 1.807) is 12.3 Å². The molecule has 0 amide bonds. The number of hydrogen-bond acceptors (Lipinski definition) is 4. The van der Waals surface area contributed by atoms with Crippen LogP contribution in [0, 0.1) is 0 Å². The lowest BCUT2D eigenvalue weighted by atomic mass is 10.2. The van der Waals surface area contributed by atoms with Gasteiger partial charge in [0.05, 0.1) is 10.0 Å². The summed E-state index contributed by atoms with van der Waals surface area (Å²) >= 11 is 7.37. The van der Waals surface area contributed by atoms with E-state index in [0.717, 1.165) is 10.8 Å². The molecule has 94 valence electrons. The van der Waals surface area contributed by atoms with Crippen LogP contribution >= 0.6 is 22.9 Å². The van der Waals surface area contributed by atoms with Crippen LogP contribution in [0.25, 0.3) is 0 Å². The molecular formula is C12H11ClN2O2S. The van der Waals surface area contributed by atoms with Gasteiger partial charge >= 0.3 is 5.97 Å². The molecule has 2 heterocycles. The van der Waals surface area contributed by atoms with Gasteiger partial charge in [-0.25, -0.2) is 4.79 Å². The average Bonchev–Trinajstić information content (AvgIpc) is 2.75. The number of hydrogen-bond donors (Lipinski definition) is 2. The molecule has 2 aromatic heterocycles. The molecule has 0 radical (unpaired) electrons. The van der Waals surface area contributed by atoms with Crippen molar-refractivity contribution in [2.24, 2.45) is 0 Å². The van der Waals surface area contributed by atoms with Crippen molar-refractivity contribution in [2.45, 2.75) is 6.42 Å². The number of halogens is 1. The molecule has 2 N–H and O–H groups in total. The molecule has 0 spiro atoms. The normalized spacial score (nSPS) is 10.3. The van der Waals surface area contributed by atoms with E-state index in [1.807, 2.05) is 12.1 Å². The van der Waals surface area contributed by atoms with Gasteiger partial charge in [0.1, 0.15) is 5.56 Å². The molecule has 4 nitrogen and oxygen atoms in total. The number of carboxylic acids is 1. The fourth-order valence-electron chi connectivity index (χ4n) is 1.53. The van der Waals surface area contributed by atoms with E-state index in [0.29, 0.717) is 12.2 Å². The van der Waals surface area contributed by atoms with Crippen LogP contribution in [0.1, 0.15) is 15.2 Å². The largest absolute Gasteiger partial charge is 0.478 e. The highest BCUT2D eigenvalue weighted by atomic mass is 35.5. The quantitative estimate of drug-likeness (QED) is 0.884. The van der Waals surface area contributed by atoms with Crippen molar-refractivity contribution in [3.8, 4) is 0 Å². The van der Waals surface area contributed by atoms with Crippen molar-refractivity contribution in [1.82, 2.24) is 4.98 Å². The summed E-state index contributed by atoms with van der Waals surface area (Å²) in [5.41, 5.74) is 0.766. The number of carboxylic acid groups (broad SMARTS) is 1. The van der Waals surface area contributed by atoms with Crippen LogP contribution in [-0.4, -0.2) is 22.6 Å². The van der Waals surface area contributed by atoms with Crippen LogP contribution in [0.15, 0.2) is 30.6 Å². The molecule has 0 fully saturated rings. The first-order valence-electron chi connectivity index (χ1n) is 5.32. The zero-order valence-electron chi connectivity index (χ0n) is 9.39. The molecule has 0 aliphatic heterocycles. The Morgan fingerprint density at radius 3 is 2.94 bits per heavy atom. The van der Waals surface area contributed by atoms with Crippen molar-refractivity contribution in [1.29, 1.82) is 0 Å². The number of anilines is 1. The minimum Gasteiger partial charge on any atom is -0.478 e. The van der Waals surface area contributed by atoms with Gasteiger partial charge in [0, 0.05) is 23.8 Å². The van der Waals surface area contributed by atoms with E-state index < -0.39 is 5.97 Å². The number of nitrogens with zero attached hydrogens (tertiary/aromatic N) is 1. The van der Waals surface area contributed by atoms with Crippen molar-refractivity contribution < 1.29 is 9.90 Å². The monoisotopic (exact) mass is 282 g/mol. The van der Waals surface area contributed by atoms with Crippen LogP contribution < -0.4 is 5.32 Å². The number of aromatic carboxylic acids is 1. The molecule has 0 saturated carbocycles. The predicted molar refractivity (Wildman–Crippen MR) is 72.7 cm³/mol. The zero-order valence-corrected chi connectivity index (χ0v) is 11.0. The van der Waals surface area contributed by atoms with Gasteiger partial charge in [0.2, 0.25) is 0 Å². The Morgan fingerprint density at radius 2 is 2.28 bits per heavy atom. The summed E-state index contributed by atoms with van der Waals surface area (Å²) < 4.78 is 0.764. The Kier molecular flexibility index (Phi) is 4.17. The van der Waals surface area contributed by atoms with E-state index in [4.69, 9.17) is 16.7 Å². The summed E-state index contributed by atoms with van der Waals surface area (Å²) in [6, 6.07) is 5.49. The third kappa shape index (κ3) is 3.21. The van der Waals surface area contributed by atoms with Crippen LogP contribution in [0.2, 0.25) is 4.34 Å². The lowest BCUT2D eigenvalue weighted by molar-refractivity contribution is 0.0697. The highest BCUT2D eigenvalue weighted by molar-refractivity contribution is 7.16. The van der Waals surface area contributed by atoms with E-state index in [1.165, 1.54) is 22.4 Å². The van der Waals surface area contributed by atoms with Gasteiger partial charge in [-0.3, -0.25) is 4.98 Å². The Labute approximate surface area is 113 Å². The number of thiophene rings is 1. The SMILES string of the molecule is O=C(O)c1cnccc1NCCc1ccc(Cl)s1. The van der Waals surface area contributed by atoms with E-state index in [2.05, 4.69) is 10.3 Å². The molecule has 0 saturated heterocycles. The lowest BCUT2D eigenvalue weighted by Gasteiger charge is -2.07. The fraction of sp³-hybridized carbons (Fsp3) is 0.167. The van der Waals surface area contributed by atoms with Gasteiger partial charge in [-0.2, -0.15) is 0 Å². The molecule has 2 rings (SSSR count). The first-order valence-corrected chi connectivity index (χ1v) is 6.51. The molecule has 0 bridgehead atoms. The summed E-state index contributed by atoms with van der Waals surface area (Å²) in [6.45, 7) is 0.654. The minimum absolute atomic E-state index is 0.182. The molecule has 18 heavy (non-hydrogen) atoms. The van der Waals surface area contributed by atoms with Crippen molar-refractivity contribution >= 4 is 34.6 Å². The second-order valence-electron chi connectivity index (χ2n) is 3.61. The first-order chi connectivity index (χ1) is 8.66. The third-order valence-corrected chi connectivity index (χ3v) is 3.66. The van der Waals surface area contributed by atoms with E-state index >= 15 is 0 Å². The summed E-state index contributed by atoms with van der Waals surface area (Å²) in [7, 11) is 0. The predicted octanol–water partition coefficient (Wildman–Crippen LogP) is 3.15. The Morgan fingerprint density at radius 1 is 1.44 bits per heavy atom. The van der Waals surface area contributed by atoms with Crippen LogP contribution in [0.5, 0.6) is 0 Å². The maximum atomic E-state index is 11.0. The van der Waals surface area contributed by atoms with Gasteiger partial charge in [-0.15, -0.1) is 11.3 Å². The van der Waals surface area contributed by atoms with Gasteiger partial charge in [0.15, 0.2) is 0 Å². The van der Waals surface area contributed by atoms with E-state index in [9.17, 15) is 4.79 Å². The van der Waals surface area contributed by atoms with Crippen LogP contribution in [-0.2, 0) is 6.42 Å². The summed E-state index contributed by atoms with van der Waals surface area (Å²) in [6.07, 6.45) is 3.71. The highest BCUT2D eigenvalue weighted by Crippen LogP contribution is 2.22. The molecule has 0 aromatic carbocycles. The molecule has 2 aromatic rings. The summed E-state index contributed by atoms with van der Waals surface area (Å²) in [5, 5.41) is 12.1. The smallest absolute Gasteiger partial charge is 0.339 e. The molecule has 6 heteroatoms. The molecule has 0 aliphatic carbocycles. The summed E-state index contributed by atoms with van der Waals surface area (Å²) in [4.78, 5) is 15.9. The number of carbonyl (C=O) groups is 1. The second kappa shape index (κ2) is 5.84. The van der Waals surface area contributed by atoms with Crippen molar-refractivity contribution in [3.63, 3.8) is 0 Å². The first kappa shape index (κ1) is 12.9. The number of rotatable bonds is 5. The maximum absolute atomic E-state index is 11.0. The minimum atomic E-state index is -0.982. The Hall–Kier alpha value is -1.59. The Bertz CT molecular complexity index is 557.